The second-order valence-electron chi connectivity index (χ2n) is 10.6. The van der Waals surface area contributed by atoms with Gasteiger partial charge in [0.1, 0.15) is 11.5 Å². The van der Waals surface area contributed by atoms with Crippen molar-refractivity contribution in [2.45, 2.75) is 18.9 Å². The molecular formula is C32H31N5O5. The molecule has 10 nitrogen and oxygen atoms in total. The Hall–Kier alpha value is -5.12. The van der Waals surface area contributed by atoms with E-state index in [0.717, 1.165) is 24.3 Å². The maximum absolute atomic E-state index is 13.6. The molecule has 42 heavy (non-hydrogen) atoms. The largest absolute Gasteiger partial charge is 0.497 e. The smallest absolute Gasteiger partial charge is 0.255 e. The monoisotopic (exact) mass is 565 g/mol. The van der Waals surface area contributed by atoms with Gasteiger partial charge >= 0.3 is 0 Å². The first-order valence-corrected chi connectivity index (χ1v) is 13.8. The van der Waals surface area contributed by atoms with Gasteiger partial charge in [-0.1, -0.05) is 6.07 Å². The molecule has 2 N–H and O–H groups in total. The molecular weight excluding hydrogens is 534 g/mol. The first-order chi connectivity index (χ1) is 20.4. The predicted octanol–water partition coefficient (Wildman–Crippen LogP) is 4.39. The summed E-state index contributed by atoms with van der Waals surface area (Å²) in [5.41, 5.74) is 3.74. The molecule has 0 spiro atoms. The van der Waals surface area contributed by atoms with E-state index in [4.69, 9.17) is 9.47 Å². The van der Waals surface area contributed by atoms with Gasteiger partial charge in [0, 0.05) is 72.6 Å². The van der Waals surface area contributed by atoms with Gasteiger partial charge in [0.2, 0.25) is 0 Å². The standard InChI is InChI=1S/C32H31N5O5/c1-41-25-13-22(14-26(16-25)42-2)32(40)35-27-15-21(31(39)34-24-8-10-33-11-9-24)6-7-29(27)36-17-20-12-23(19-36)28-4-3-5-30(38)37(28)18-20/h3-11,13-16,20,23H,12,17-19H2,1-2H3,(H,35,40)(H,33,34,39). The van der Waals surface area contributed by atoms with Crippen LogP contribution in [0.2, 0.25) is 0 Å². The molecule has 2 aromatic heterocycles. The topological polar surface area (TPSA) is 115 Å². The van der Waals surface area contributed by atoms with Crippen LogP contribution in [-0.2, 0) is 6.54 Å². The van der Waals surface area contributed by atoms with Crippen LogP contribution in [0.1, 0.15) is 38.7 Å². The average molecular weight is 566 g/mol. The Kier molecular flexibility index (Phi) is 7.35. The number of ether oxygens (including phenoxy) is 2. The number of fused-ring (bicyclic) bond motifs is 4. The summed E-state index contributed by atoms with van der Waals surface area (Å²) in [6.07, 6.45) is 4.20. The number of nitrogens with one attached hydrogen (secondary N) is 2. The van der Waals surface area contributed by atoms with Crippen LogP contribution in [-0.4, -0.2) is 48.7 Å². The number of piperidine rings is 1. The zero-order valence-electron chi connectivity index (χ0n) is 23.4. The lowest BCUT2D eigenvalue weighted by Crippen LogP contribution is -2.47. The molecule has 2 aromatic carbocycles. The molecule has 214 valence electrons. The number of hydrogen-bond acceptors (Lipinski definition) is 7. The van der Waals surface area contributed by atoms with E-state index < -0.39 is 0 Å². The highest BCUT2D eigenvalue weighted by molar-refractivity contribution is 6.09. The maximum Gasteiger partial charge on any atom is 0.255 e. The number of methoxy groups -OCH3 is 2. The van der Waals surface area contributed by atoms with E-state index in [-0.39, 0.29) is 29.2 Å². The molecule has 2 unspecified atom stereocenters. The lowest BCUT2D eigenvalue weighted by Gasteiger charge is -2.44. The first-order valence-electron chi connectivity index (χ1n) is 13.8. The number of rotatable bonds is 7. The highest BCUT2D eigenvalue weighted by atomic mass is 16.5. The normalized spacial score (nSPS) is 17.1. The quantitative estimate of drug-likeness (QED) is 0.342. The molecule has 2 aliphatic rings. The number of anilines is 3. The van der Waals surface area contributed by atoms with Crippen molar-refractivity contribution in [1.29, 1.82) is 0 Å². The van der Waals surface area contributed by atoms with Crippen molar-refractivity contribution in [3.63, 3.8) is 0 Å². The summed E-state index contributed by atoms with van der Waals surface area (Å²) in [6.45, 7) is 2.05. The van der Waals surface area contributed by atoms with Crippen LogP contribution in [0, 0.1) is 5.92 Å². The SMILES string of the molecule is COc1cc(OC)cc(C(=O)Nc2cc(C(=O)Nc3ccncc3)ccc2N2CC3CC(C2)c2cccc(=O)n2C3)c1. The third-order valence-corrected chi connectivity index (χ3v) is 7.88. The van der Waals surface area contributed by atoms with Crippen LogP contribution in [0.15, 0.2) is 83.9 Å². The third kappa shape index (κ3) is 5.43. The minimum Gasteiger partial charge on any atom is -0.497 e. The molecule has 2 atom stereocenters. The van der Waals surface area contributed by atoms with E-state index in [1.54, 1.807) is 60.9 Å². The molecule has 2 amide bonds. The van der Waals surface area contributed by atoms with Gasteiger partial charge in [-0.3, -0.25) is 19.4 Å². The molecule has 0 radical (unpaired) electrons. The van der Waals surface area contributed by atoms with Crippen LogP contribution in [0.3, 0.4) is 0 Å². The van der Waals surface area contributed by atoms with Crippen LogP contribution in [0.5, 0.6) is 11.5 Å². The van der Waals surface area contributed by atoms with E-state index in [1.165, 1.54) is 14.2 Å². The number of carbonyl (C=O) groups is 2. The van der Waals surface area contributed by atoms with Crippen molar-refractivity contribution in [3.05, 3.63) is 106 Å². The molecule has 0 aliphatic carbocycles. The van der Waals surface area contributed by atoms with Gasteiger partial charge in [0.15, 0.2) is 0 Å². The average Bonchev–Trinajstić information content (AvgIpc) is 3.01. The summed E-state index contributed by atoms with van der Waals surface area (Å²) in [7, 11) is 3.05. The number of hydrogen-bond donors (Lipinski definition) is 2. The van der Waals surface area contributed by atoms with Gasteiger partial charge in [-0.2, -0.15) is 0 Å². The van der Waals surface area contributed by atoms with Gasteiger partial charge in [-0.05, 0) is 60.9 Å². The Labute approximate surface area is 242 Å². The van der Waals surface area contributed by atoms with Gasteiger partial charge in [-0.15, -0.1) is 0 Å². The fraction of sp³-hybridized carbons (Fsp3) is 0.250. The van der Waals surface area contributed by atoms with Crippen molar-refractivity contribution in [2.75, 3.05) is 42.8 Å². The van der Waals surface area contributed by atoms with Crippen LogP contribution in [0.4, 0.5) is 17.1 Å². The van der Waals surface area contributed by atoms with Crippen LogP contribution in [0.25, 0.3) is 0 Å². The van der Waals surface area contributed by atoms with Gasteiger partial charge in [0.05, 0.1) is 25.6 Å². The van der Waals surface area contributed by atoms with Gasteiger partial charge in [0.25, 0.3) is 17.4 Å². The third-order valence-electron chi connectivity index (χ3n) is 7.88. The Morgan fingerprint density at radius 1 is 0.833 bits per heavy atom. The lowest BCUT2D eigenvalue weighted by molar-refractivity contribution is 0.101. The maximum atomic E-state index is 13.6. The Bertz CT molecular complexity index is 1680. The zero-order valence-corrected chi connectivity index (χ0v) is 23.4. The first kappa shape index (κ1) is 27.1. The second kappa shape index (κ2) is 11.4. The summed E-state index contributed by atoms with van der Waals surface area (Å²) in [4.78, 5) is 45.5. The van der Waals surface area contributed by atoms with Gasteiger partial charge in [-0.25, -0.2) is 0 Å². The number of aromatic nitrogens is 2. The molecule has 4 heterocycles. The summed E-state index contributed by atoms with van der Waals surface area (Å²) in [5, 5.41) is 5.92. The van der Waals surface area contributed by atoms with Gasteiger partial charge < -0.3 is 29.6 Å². The fourth-order valence-electron chi connectivity index (χ4n) is 5.92. The van der Waals surface area contributed by atoms with Crippen molar-refractivity contribution in [3.8, 4) is 11.5 Å². The molecule has 1 saturated heterocycles. The van der Waals surface area contributed by atoms with Crippen LogP contribution < -0.4 is 30.6 Å². The fourth-order valence-corrected chi connectivity index (χ4v) is 5.92. The molecule has 6 rings (SSSR count). The Balaban J connectivity index is 1.34. The van der Waals surface area contributed by atoms with E-state index in [9.17, 15) is 14.4 Å². The molecule has 2 aliphatic heterocycles. The van der Waals surface area contributed by atoms with Crippen molar-refractivity contribution < 1.29 is 19.1 Å². The number of pyridine rings is 2. The predicted molar refractivity (Wildman–Crippen MR) is 160 cm³/mol. The number of benzene rings is 2. The Morgan fingerprint density at radius 2 is 1.57 bits per heavy atom. The summed E-state index contributed by atoms with van der Waals surface area (Å²) in [6, 6.07) is 19.2. The molecule has 2 bridgehead atoms. The molecule has 1 fully saturated rings. The van der Waals surface area contributed by atoms with Crippen molar-refractivity contribution >= 4 is 28.9 Å². The molecule has 10 heteroatoms. The van der Waals surface area contributed by atoms with Crippen molar-refractivity contribution in [2.24, 2.45) is 5.92 Å². The summed E-state index contributed by atoms with van der Waals surface area (Å²) < 4.78 is 12.6. The van der Waals surface area contributed by atoms with E-state index in [2.05, 4.69) is 20.5 Å². The van der Waals surface area contributed by atoms with E-state index >= 15 is 0 Å². The summed E-state index contributed by atoms with van der Waals surface area (Å²) >= 11 is 0. The highest BCUT2D eigenvalue weighted by Gasteiger charge is 2.35. The van der Waals surface area contributed by atoms with Crippen LogP contribution >= 0.6 is 0 Å². The van der Waals surface area contributed by atoms with E-state index in [1.807, 2.05) is 22.8 Å². The number of carbonyl (C=O) groups excluding carboxylic acids is 2. The summed E-state index contributed by atoms with van der Waals surface area (Å²) in [5.74, 6) is 0.750. The minimum atomic E-state index is -0.366. The van der Waals surface area contributed by atoms with Crippen molar-refractivity contribution in [1.82, 2.24) is 9.55 Å². The second-order valence-corrected chi connectivity index (χ2v) is 10.6. The van der Waals surface area contributed by atoms with E-state index in [0.29, 0.717) is 47.1 Å². The highest BCUT2D eigenvalue weighted by Crippen LogP contribution is 2.39. The minimum absolute atomic E-state index is 0.0295. The Morgan fingerprint density at radius 3 is 2.31 bits per heavy atom. The zero-order chi connectivity index (χ0) is 29.2. The lowest BCUT2D eigenvalue weighted by atomic mass is 9.83. The molecule has 0 saturated carbocycles. The number of amides is 2. The number of nitrogens with zero attached hydrogens (tertiary/aromatic N) is 3. The molecule has 4 aromatic rings.